The SMILES string of the molecule is CN=C(NCc1ccc(S(=O)(=O)N2CCOCC2)s1)N1CC2CCCCC2C1. The number of hydrogen-bond acceptors (Lipinski definition) is 5. The topological polar surface area (TPSA) is 74.2 Å². The molecule has 0 spiro atoms. The number of aliphatic imine (C=N–C) groups is 1. The van der Waals surface area contributed by atoms with E-state index in [2.05, 4.69) is 15.2 Å². The van der Waals surface area contributed by atoms with Crippen LogP contribution in [0.15, 0.2) is 21.3 Å². The van der Waals surface area contributed by atoms with Crippen LogP contribution in [-0.4, -0.2) is 70.0 Å². The number of ether oxygens (including phenoxy) is 1. The molecule has 4 rings (SSSR count). The molecule has 2 unspecified atom stereocenters. The summed E-state index contributed by atoms with van der Waals surface area (Å²) in [5, 5.41) is 3.44. The number of nitrogens with zero attached hydrogens (tertiary/aromatic N) is 3. The molecule has 7 nitrogen and oxygen atoms in total. The Kier molecular flexibility index (Phi) is 6.24. The maximum atomic E-state index is 12.8. The molecule has 28 heavy (non-hydrogen) atoms. The van der Waals surface area contributed by atoms with Crippen molar-refractivity contribution in [2.75, 3.05) is 46.4 Å². The second-order valence-electron chi connectivity index (χ2n) is 7.85. The van der Waals surface area contributed by atoms with E-state index >= 15 is 0 Å². The van der Waals surface area contributed by atoms with E-state index in [9.17, 15) is 8.42 Å². The first kappa shape index (κ1) is 20.1. The van der Waals surface area contributed by atoms with Gasteiger partial charge in [-0.15, -0.1) is 11.3 Å². The largest absolute Gasteiger partial charge is 0.379 e. The van der Waals surface area contributed by atoms with Crippen LogP contribution in [-0.2, 0) is 21.3 Å². The lowest BCUT2D eigenvalue weighted by molar-refractivity contribution is 0.0731. The van der Waals surface area contributed by atoms with Gasteiger partial charge in [0.15, 0.2) is 5.96 Å². The van der Waals surface area contributed by atoms with Crippen molar-refractivity contribution >= 4 is 27.3 Å². The van der Waals surface area contributed by atoms with Gasteiger partial charge in [0.2, 0.25) is 0 Å². The van der Waals surface area contributed by atoms with E-state index in [1.807, 2.05) is 13.1 Å². The molecular formula is C19H30N4O3S2. The summed E-state index contributed by atoms with van der Waals surface area (Å²) in [5.41, 5.74) is 0. The molecule has 9 heteroatoms. The quantitative estimate of drug-likeness (QED) is 0.589. The summed E-state index contributed by atoms with van der Waals surface area (Å²) < 4.78 is 32.7. The van der Waals surface area contributed by atoms with Crippen molar-refractivity contribution in [3.63, 3.8) is 0 Å². The molecular weight excluding hydrogens is 396 g/mol. The van der Waals surface area contributed by atoms with Crippen molar-refractivity contribution in [1.82, 2.24) is 14.5 Å². The van der Waals surface area contributed by atoms with E-state index in [0.717, 1.165) is 35.8 Å². The second kappa shape index (κ2) is 8.69. The van der Waals surface area contributed by atoms with Gasteiger partial charge in [-0.3, -0.25) is 4.99 Å². The molecule has 0 amide bonds. The molecule has 2 atom stereocenters. The summed E-state index contributed by atoms with van der Waals surface area (Å²) in [4.78, 5) is 7.85. The van der Waals surface area contributed by atoms with E-state index in [-0.39, 0.29) is 0 Å². The lowest BCUT2D eigenvalue weighted by Crippen LogP contribution is -2.40. The molecule has 3 heterocycles. The van der Waals surface area contributed by atoms with E-state index in [1.165, 1.54) is 41.3 Å². The highest BCUT2D eigenvalue weighted by molar-refractivity contribution is 7.91. The normalized spacial score (nSPS) is 27.0. The molecule has 1 saturated carbocycles. The standard InChI is InChI=1S/C19H30N4O3S2/c1-20-19(22-13-15-4-2-3-5-16(15)14-22)21-12-17-6-7-18(27-17)28(24,25)23-8-10-26-11-9-23/h6-7,15-16H,2-5,8-14H2,1H3,(H,20,21). The zero-order valence-electron chi connectivity index (χ0n) is 16.5. The van der Waals surface area contributed by atoms with Crippen LogP contribution in [0.4, 0.5) is 0 Å². The maximum Gasteiger partial charge on any atom is 0.252 e. The van der Waals surface area contributed by atoms with Crippen LogP contribution in [0.5, 0.6) is 0 Å². The Bertz CT molecular complexity index is 788. The first-order valence-corrected chi connectivity index (χ1v) is 12.5. The zero-order valence-corrected chi connectivity index (χ0v) is 18.1. The van der Waals surface area contributed by atoms with Gasteiger partial charge in [0.1, 0.15) is 4.21 Å². The molecule has 2 aliphatic heterocycles. The smallest absolute Gasteiger partial charge is 0.252 e. The predicted octanol–water partition coefficient (Wildman–Crippen LogP) is 1.97. The van der Waals surface area contributed by atoms with Crippen molar-refractivity contribution in [2.45, 2.75) is 36.4 Å². The number of thiophene rings is 1. The Morgan fingerprint density at radius 3 is 2.54 bits per heavy atom. The number of fused-ring (bicyclic) bond motifs is 1. The first-order valence-electron chi connectivity index (χ1n) is 10.2. The summed E-state index contributed by atoms with van der Waals surface area (Å²) in [5.74, 6) is 2.54. The lowest BCUT2D eigenvalue weighted by Gasteiger charge is -2.25. The van der Waals surface area contributed by atoms with Crippen LogP contribution in [0.25, 0.3) is 0 Å². The van der Waals surface area contributed by atoms with E-state index in [4.69, 9.17) is 4.74 Å². The highest BCUT2D eigenvalue weighted by atomic mass is 32.2. The number of rotatable bonds is 4. The van der Waals surface area contributed by atoms with Crippen LogP contribution in [0, 0.1) is 11.8 Å². The van der Waals surface area contributed by atoms with Crippen molar-refractivity contribution in [3.8, 4) is 0 Å². The van der Waals surface area contributed by atoms with Gasteiger partial charge in [0.05, 0.1) is 19.8 Å². The molecule has 1 aromatic heterocycles. The molecule has 3 fully saturated rings. The van der Waals surface area contributed by atoms with Gasteiger partial charge < -0.3 is 15.0 Å². The molecule has 0 bridgehead atoms. The Morgan fingerprint density at radius 2 is 1.89 bits per heavy atom. The maximum absolute atomic E-state index is 12.8. The average Bonchev–Trinajstić information content (AvgIpc) is 3.36. The molecule has 3 aliphatic rings. The third-order valence-electron chi connectivity index (χ3n) is 6.11. The van der Waals surface area contributed by atoms with E-state index in [0.29, 0.717) is 37.1 Å². The Hall–Kier alpha value is -1.16. The summed E-state index contributed by atoms with van der Waals surface area (Å²) in [7, 11) is -1.59. The van der Waals surface area contributed by atoms with Crippen LogP contribution < -0.4 is 5.32 Å². The summed E-state index contributed by atoms with van der Waals surface area (Å²) >= 11 is 1.34. The van der Waals surface area contributed by atoms with Crippen molar-refractivity contribution in [2.24, 2.45) is 16.8 Å². The first-order chi connectivity index (χ1) is 13.6. The van der Waals surface area contributed by atoms with Crippen molar-refractivity contribution in [3.05, 3.63) is 17.0 Å². The van der Waals surface area contributed by atoms with Gasteiger partial charge >= 0.3 is 0 Å². The number of nitrogens with one attached hydrogen (secondary N) is 1. The number of guanidine groups is 1. The predicted molar refractivity (Wildman–Crippen MR) is 111 cm³/mol. The van der Waals surface area contributed by atoms with E-state index < -0.39 is 10.0 Å². The molecule has 1 N–H and O–H groups in total. The van der Waals surface area contributed by atoms with Crippen LogP contribution >= 0.6 is 11.3 Å². The highest BCUT2D eigenvalue weighted by Gasteiger charge is 2.35. The Morgan fingerprint density at radius 1 is 1.21 bits per heavy atom. The minimum absolute atomic E-state index is 0.411. The highest BCUT2D eigenvalue weighted by Crippen LogP contribution is 2.36. The van der Waals surface area contributed by atoms with Crippen molar-refractivity contribution in [1.29, 1.82) is 0 Å². The fourth-order valence-electron chi connectivity index (χ4n) is 4.58. The third-order valence-corrected chi connectivity index (χ3v) is 9.56. The lowest BCUT2D eigenvalue weighted by atomic mass is 9.82. The molecule has 1 aromatic rings. The van der Waals surface area contributed by atoms with Crippen LogP contribution in [0.2, 0.25) is 0 Å². The number of hydrogen-bond donors (Lipinski definition) is 1. The minimum atomic E-state index is -3.41. The zero-order chi connectivity index (χ0) is 19.6. The van der Waals surface area contributed by atoms with Crippen molar-refractivity contribution < 1.29 is 13.2 Å². The summed E-state index contributed by atoms with van der Waals surface area (Å²) in [6, 6.07) is 3.63. The van der Waals surface area contributed by atoms with Gasteiger partial charge in [0.25, 0.3) is 10.0 Å². The molecule has 0 radical (unpaired) electrons. The minimum Gasteiger partial charge on any atom is -0.379 e. The average molecular weight is 427 g/mol. The fourth-order valence-corrected chi connectivity index (χ4v) is 7.44. The van der Waals surface area contributed by atoms with Crippen LogP contribution in [0.1, 0.15) is 30.6 Å². The Balaban J connectivity index is 1.36. The molecule has 1 aliphatic carbocycles. The van der Waals surface area contributed by atoms with Gasteiger partial charge in [-0.25, -0.2) is 8.42 Å². The molecule has 2 saturated heterocycles. The van der Waals surface area contributed by atoms with Gasteiger partial charge in [0, 0.05) is 38.1 Å². The Labute approximate surface area is 171 Å². The molecule has 156 valence electrons. The number of likely N-dealkylation sites (tertiary alicyclic amines) is 1. The molecule has 0 aromatic carbocycles. The summed E-state index contributed by atoms with van der Waals surface area (Å²) in [6.07, 6.45) is 5.39. The van der Waals surface area contributed by atoms with Gasteiger partial charge in [-0.1, -0.05) is 12.8 Å². The number of sulfonamides is 1. The van der Waals surface area contributed by atoms with E-state index in [1.54, 1.807) is 6.07 Å². The number of morpholine rings is 1. The third kappa shape index (κ3) is 4.22. The monoisotopic (exact) mass is 426 g/mol. The van der Waals surface area contributed by atoms with Gasteiger partial charge in [-0.2, -0.15) is 4.31 Å². The second-order valence-corrected chi connectivity index (χ2v) is 11.2. The summed E-state index contributed by atoms with van der Waals surface area (Å²) in [6.45, 7) is 4.56. The fraction of sp³-hybridized carbons (Fsp3) is 0.737. The van der Waals surface area contributed by atoms with Crippen LogP contribution in [0.3, 0.4) is 0 Å². The van der Waals surface area contributed by atoms with Gasteiger partial charge in [-0.05, 0) is 36.8 Å².